The minimum absolute atomic E-state index is 0.0575. The lowest BCUT2D eigenvalue weighted by Gasteiger charge is -2.39. The van der Waals surface area contributed by atoms with Crippen molar-refractivity contribution in [2.75, 3.05) is 11.4 Å². The minimum Gasteiger partial charge on any atom is -0.484 e. The van der Waals surface area contributed by atoms with Gasteiger partial charge in [-0.1, -0.05) is 63.2 Å². The zero-order valence-electron chi connectivity index (χ0n) is 22.0. The van der Waals surface area contributed by atoms with Gasteiger partial charge in [-0.15, -0.1) is 0 Å². The molecule has 0 bridgehead atoms. The molecule has 1 aliphatic rings. The van der Waals surface area contributed by atoms with Crippen LogP contribution in [0.4, 0.5) is 5.69 Å². The summed E-state index contributed by atoms with van der Waals surface area (Å²) in [6, 6.07) is 19.0. The maximum atomic E-state index is 12.0. The van der Waals surface area contributed by atoms with Gasteiger partial charge >= 0.3 is 5.97 Å². The molecule has 1 aliphatic heterocycles. The van der Waals surface area contributed by atoms with E-state index in [9.17, 15) is 9.90 Å². The van der Waals surface area contributed by atoms with Crippen LogP contribution in [0.1, 0.15) is 73.7 Å². The molecule has 2 heterocycles. The highest BCUT2D eigenvalue weighted by atomic mass is 16.5. The fraction of sp³-hybridized carbons (Fsp3) is 0.433. The first-order valence-corrected chi connectivity index (χ1v) is 12.8. The van der Waals surface area contributed by atoms with Crippen LogP contribution in [-0.2, 0) is 18.4 Å². The lowest BCUT2D eigenvalue weighted by Crippen LogP contribution is -2.41. The predicted octanol–water partition coefficient (Wildman–Crippen LogP) is 6.21. The topological polar surface area (TPSA) is 75.6 Å². The average molecular weight is 488 g/mol. The van der Waals surface area contributed by atoms with Crippen molar-refractivity contribution < 1.29 is 14.6 Å². The van der Waals surface area contributed by atoms with E-state index < -0.39 is 5.97 Å². The lowest BCUT2D eigenvalue weighted by atomic mass is 9.86. The number of carbonyl (C=O) groups is 1. The summed E-state index contributed by atoms with van der Waals surface area (Å²) < 4.78 is 5.86. The summed E-state index contributed by atoms with van der Waals surface area (Å²) in [5.41, 5.74) is 4.22. The summed E-state index contributed by atoms with van der Waals surface area (Å²) in [5.74, 6) is 0.142. The number of aromatic nitrogens is 2. The number of carboxylic acids is 1. The van der Waals surface area contributed by atoms with Crippen LogP contribution in [0.15, 0.2) is 54.6 Å². The first-order valence-electron chi connectivity index (χ1n) is 12.8. The average Bonchev–Trinajstić information content (AvgIpc) is 2.83. The van der Waals surface area contributed by atoms with Crippen LogP contribution in [0.25, 0.3) is 0 Å². The van der Waals surface area contributed by atoms with Crippen LogP contribution in [0.3, 0.4) is 0 Å². The van der Waals surface area contributed by atoms with E-state index in [0.717, 1.165) is 24.9 Å². The van der Waals surface area contributed by atoms with Crippen LogP contribution in [-0.4, -0.2) is 33.6 Å². The molecule has 0 unspecified atom stereocenters. The smallest absolute Gasteiger partial charge is 0.358 e. The third kappa shape index (κ3) is 6.04. The highest BCUT2D eigenvalue weighted by Gasteiger charge is 2.28. The molecule has 3 aromatic rings. The Morgan fingerprint density at radius 3 is 2.39 bits per heavy atom. The van der Waals surface area contributed by atoms with Crippen molar-refractivity contribution in [3.63, 3.8) is 0 Å². The number of hydrogen-bond acceptors (Lipinski definition) is 5. The van der Waals surface area contributed by atoms with E-state index in [1.54, 1.807) is 6.92 Å². The van der Waals surface area contributed by atoms with Gasteiger partial charge in [-0.2, -0.15) is 0 Å². The number of aryl methyl sites for hydroxylation is 1. The van der Waals surface area contributed by atoms with E-state index in [1.165, 1.54) is 11.3 Å². The van der Waals surface area contributed by atoms with Crippen LogP contribution in [0.2, 0.25) is 0 Å². The molecule has 4 rings (SSSR count). The van der Waals surface area contributed by atoms with Crippen molar-refractivity contribution >= 4 is 11.7 Å². The van der Waals surface area contributed by atoms with Gasteiger partial charge in [-0.25, -0.2) is 14.8 Å². The van der Waals surface area contributed by atoms with Crippen molar-refractivity contribution in [1.82, 2.24) is 9.97 Å². The molecule has 1 saturated heterocycles. The summed E-state index contributed by atoms with van der Waals surface area (Å²) in [7, 11) is 0. The Morgan fingerprint density at radius 2 is 1.78 bits per heavy atom. The number of rotatable bonds is 7. The molecule has 6 heteroatoms. The van der Waals surface area contributed by atoms with Crippen molar-refractivity contribution in [3.8, 4) is 5.75 Å². The number of hydrogen-bond donors (Lipinski definition) is 1. The maximum Gasteiger partial charge on any atom is 0.358 e. The van der Waals surface area contributed by atoms with E-state index in [2.05, 4.69) is 66.8 Å². The van der Waals surface area contributed by atoms with Crippen molar-refractivity contribution in [2.45, 2.75) is 71.9 Å². The van der Waals surface area contributed by atoms with E-state index in [4.69, 9.17) is 4.74 Å². The van der Waals surface area contributed by atoms with E-state index in [0.29, 0.717) is 29.9 Å². The predicted molar refractivity (Wildman–Crippen MR) is 143 cm³/mol. The molecular weight excluding hydrogens is 450 g/mol. The summed E-state index contributed by atoms with van der Waals surface area (Å²) >= 11 is 0. The first-order chi connectivity index (χ1) is 17.1. The highest BCUT2D eigenvalue weighted by molar-refractivity contribution is 5.88. The Hall–Kier alpha value is -3.41. The molecule has 1 fully saturated rings. The number of ether oxygens (including phenoxy) is 1. The number of anilines is 1. The minimum atomic E-state index is -1.09. The Bertz CT molecular complexity index is 1190. The van der Waals surface area contributed by atoms with Gasteiger partial charge < -0.3 is 14.7 Å². The van der Waals surface area contributed by atoms with E-state index >= 15 is 0 Å². The fourth-order valence-electron chi connectivity index (χ4n) is 5.01. The van der Waals surface area contributed by atoms with Gasteiger partial charge in [-0.3, -0.25) is 0 Å². The second-order valence-corrected chi connectivity index (χ2v) is 10.9. The van der Waals surface area contributed by atoms with Gasteiger partial charge in [0.1, 0.15) is 12.4 Å². The van der Waals surface area contributed by atoms with E-state index in [1.807, 2.05) is 30.3 Å². The number of carboxylic acid groups (broad SMARTS) is 1. The van der Waals surface area contributed by atoms with E-state index in [-0.39, 0.29) is 23.5 Å². The number of benzene rings is 2. The largest absolute Gasteiger partial charge is 0.484 e. The zero-order chi connectivity index (χ0) is 25.9. The fourth-order valence-corrected chi connectivity index (χ4v) is 5.01. The van der Waals surface area contributed by atoms with Gasteiger partial charge in [0, 0.05) is 24.7 Å². The highest BCUT2D eigenvalue weighted by Crippen LogP contribution is 2.32. The Labute approximate surface area is 214 Å². The van der Waals surface area contributed by atoms with Crippen molar-refractivity contribution in [1.29, 1.82) is 0 Å². The monoisotopic (exact) mass is 487 g/mol. The summed E-state index contributed by atoms with van der Waals surface area (Å²) in [4.78, 5) is 23.5. The molecule has 0 saturated carbocycles. The Morgan fingerprint density at radius 1 is 1.08 bits per heavy atom. The molecule has 0 amide bonds. The van der Waals surface area contributed by atoms with Crippen LogP contribution in [0, 0.1) is 12.8 Å². The lowest BCUT2D eigenvalue weighted by molar-refractivity contribution is 0.0683. The van der Waals surface area contributed by atoms with Gasteiger partial charge in [0.2, 0.25) is 0 Å². The van der Waals surface area contributed by atoms with Gasteiger partial charge in [0.15, 0.2) is 11.4 Å². The molecule has 0 aliphatic carbocycles. The number of nitrogens with zero attached hydrogens (tertiary/aromatic N) is 3. The zero-order valence-corrected chi connectivity index (χ0v) is 22.0. The summed E-state index contributed by atoms with van der Waals surface area (Å²) in [6.07, 6.45) is 2.70. The maximum absolute atomic E-state index is 12.0. The quantitative estimate of drug-likeness (QED) is 0.427. The molecule has 36 heavy (non-hydrogen) atoms. The third-order valence-corrected chi connectivity index (χ3v) is 7.03. The molecule has 190 valence electrons. The van der Waals surface area contributed by atoms with Crippen molar-refractivity contribution in [2.24, 2.45) is 5.92 Å². The molecule has 0 spiro atoms. The van der Waals surface area contributed by atoms with Gasteiger partial charge in [0.05, 0.1) is 5.69 Å². The molecule has 6 nitrogen and oxygen atoms in total. The molecule has 2 aromatic carbocycles. The molecule has 2 atom stereocenters. The second kappa shape index (κ2) is 10.7. The van der Waals surface area contributed by atoms with Crippen LogP contribution < -0.4 is 9.64 Å². The van der Waals surface area contributed by atoms with Gasteiger partial charge in [-0.05, 0) is 61.3 Å². The Kier molecular flexibility index (Phi) is 7.62. The molecule has 1 N–H and O–H groups in total. The SMILES string of the molecule is Cc1nc(C[C@H]2CCN(c3ccc(C(C)(C)C)cc3)[C@H](C)C2)nc(C(=O)O)c1OCc1ccccc1. The summed E-state index contributed by atoms with van der Waals surface area (Å²) in [6.45, 7) is 12.0. The molecule has 0 radical (unpaired) electrons. The second-order valence-electron chi connectivity index (χ2n) is 10.9. The first kappa shape index (κ1) is 25.7. The standard InChI is InChI=1S/C30H37N3O3/c1-20-17-23(15-16-33(20)25-13-11-24(12-14-25)30(3,4)5)18-26-31-21(2)28(27(32-26)29(34)35)36-19-22-9-7-6-8-10-22/h6-14,20,23H,15-19H2,1-5H3,(H,34,35)/t20-,23+/m1/s1. The van der Waals surface area contributed by atoms with Crippen LogP contribution in [0.5, 0.6) is 5.75 Å². The Balaban J connectivity index is 1.43. The summed E-state index contributed by atoms with van der Waals surface area (Å²) in [5, 5.41) is 9.81. The molecule has 1 aromatic heterocycles. The normalized spacial score (nSPS) is 18.2. The van der Waals surface area contributed by atoms with Crippen molar-refractivity contribution in [3.05, 3.63) is 82.9 Å². The number of piperidine rings is 1. The van der Waals surface area contributed by atoms with Crippen LogP contribution >= 0.6 is 0 Å². The molecular formula is C30H37N3O3. The van der Waals surface area contributed by atoms with Gasteiger partial charge in [0.25, 0.3) is 0 Å². The third-order valence-electron chi connectivity index (χ3n) is 7.03. The number of aromatic carboxylic acids is 1.